The number of carbonyl (C=O) groups is 2. The van der Waals surface area contributed by atoms with Gasteiger partial charge >= 0.3 is 6.09 Å². The van der Waals surface area contributed by atoms with Gasteiger partial charge in [0.05, 0.1) is 12.2 Å². The molecule has 0 spiro atoms. The van der Waals surface area contributed by atoms with Crippen molar-refractivity contribution in [3.8, 4) is 0 Å². The molecule has 2 aliphatic heterocycles. The standard InChI is InChI=1S/C18H29N5O3/c1-18(2,3)26-17(25)23-7-6-14-13(12-23)15(21(5)19-14)16(24)22-10-8-20(4)9-11-22/h6-12H2,1-5H3. The molecule has 1 aromatic rings. The zero-order valence-corrected chi connectivity index (χ0v) is 16.4. The first-order valence-electron chi connectivity index (χ1n) is 9.16. The second-order valence-corrected chi connectivity index (χ2v) is 8.14. The van der Waals surface area contributed by atoms with E-state index in [9.17, 15) is 9.59 Å². The van der Waals surface area contributed by atoms with Crippen molar-refractivity contribution in [2.75, 3.05) is 39.8 Å². The number of hydrogen-bond acceptors (Lipinski definition) is 5. The summed E-state index contributed by atoms with van der Waals surface area (Å²) in [4.78, 5) is 31.3. The highest BCUT2D eigenvalue weighted by atomic mass is 16.6. The van der Waals surface area contributed by atoms with Gasteiger partial charge in [-0.2, -0.15) is 5.10 Å². The molecule has 144 valence electrons. The Morgan fingerprint density at radius 3 is 2.27 bits per heavy atom. The third kappa shape index (κ3) is 3.85. The molecule has 0 atom stereocenters. The van der Waals surface area contributed by atoms with Gasteiger partial charge in [-0.3, -0.25) is 9.48 Å². The highest BCUT2D eigenvalue weighted by Gasteiger charge is 2.33. The van der Waals surface area contributed by atoms with Crippen LogP contribution in [0.15, 0.2) is 0 Å². The van der Waals surface area contributed by atoms with Crippen LogP contribution in [0.2, 0.25) is 0 Å². The second kappa shape index (κ2) is 6.90. The number of fused-ring (bicyclic) bond motifs is 1. The van der Waals surface area contributed by atoms with Gasteiger partial charge in [0, 0.05) is 51.8 Å². The number of likely N-dealkylation sites (N-methyl/N-ethyl adjacent to an activating group) is 1. The number of ether oxygens (including phenoxy) is 1. The van der Waals surface area contributed by atoms with Gasteiger partial charge in [0.15, 0.2) is 0 Å². The van der Waals surface area contributed by atoms with Crippen LogP contribution in [-0.4, -0.2) is 81.9 Å². The maximum absolute atomic E-state index is 13.1. The maximum Gasteiger partial charge on any atom is 0.410 e. The van der Waals surface area contributed by atoms with Crippen molar-refractivity contribution < 1.29 is 14.3 Å². The fourth-order valence-electron chi connectivity index (χ4n) is 3.41. The molecule has 0 bridgehead atoms. The van der Waals surface area contributed by atoms with Gasteiger partial charge in [0.25, 0.3) is 5.91 Å². The molecule has 1 fully saturated rings. The van der Waals surface area contributed by atoms with Gasteiger partial charge in [-0.15, -0.1) is 0 Å². The molecular weight excluding hydrogens is 334 g/mol. The molecule has 0 saturated carbocycles. The average Bonchev–Trinajstić information content (AvgIpc) is 2.88. The van der Waals surface area contributed by atoms with Crippen LogP contribution in [0.3, 0.4) is 0 Å². The monoisotopic (exact) mass is 363 g/mol. The van der Waals surface area contributed by atoms with E-state index in [4.69, 9.17) is 4.74 Å². The zero-order chi connectivity index (χ0) is 19.1. The Labute approximate surface area is 154 Å². The summed E-state index contributed by atoms with van der Waals surface area (Å²) in [5.74, 6) is 0.000360. The van der Waals surface area contributed by atoms with Crippen LogP contribution < -0.4 is 0 Å². The molecule has 26 heavy (non-hydrogen) atoms. The van der Waals surface area contributed by atoms with Gasteiger partial charge in [-0.25, -0.2) is 4.79 Å². The van der Waals surface area contributed by atoms with Gasteiger partial charge < -0.3 is 19.4 Å². The Kier molecular flexibility index (Phi) is 4.96. The lowest BCUT2D eigenvalue weighted by Gasteiger charge is -2.33. The molecule has 8 heteroatoms. The minimum absolute atomic E-state index is 0.000360. The summed E-state index contributed by atoms with van der Waals surface area (Å²) in [7, 11) is 3.87. The Morgan fingerprint density at radius 2 is 1.65 bits per heavy atom. The SMILES string of the molecule is CN1CCN(C(=O)c2c3c(nn2C)CCN(C(=O)OC(C)(C)C)C3)CC1. The second-order valence-electron chi connectivity index (χ2n) is 8.14. The molecule has 1 saturated heterocycles. The van der Waals surface area contributed by atoms with Crippen molar-refractivity contribution in [3.05, 3.63) is 17.0 Å². The summed E-state index contributed by atoms with van der Waals surface area (Å²) in [5.41, 5.74) is 1.82. The van der Waals surface area contributed by atoms with Crippen molar-refractivity contribution in [1.82, 2.24) is 24.5 Å². The van der Waals surface area contributed by atoms with E-state index in [1.807, 2.05) is 25.7 Å². The number of piperazine rings is 1. The molecule has 0 aliphatic carbocycles. The number of carbonyl (C=O) groups excluding carboxylic acids is 2. The third-order valence-corrected chi connectivity index (χ3v) is 4.84. The van der Waals surface area contributed by atoms with E-state index in [1.54, 1.807) is 16.6 Å². The molecule has 0 aromatic carbocycles. The first-order chi connectivity index (χ1) is 12.2. The van der Waals surface area contributed by atoms with Crippen molar-refractivity contribution in [1.29, 1.82) is 0 Å². The summed E-state index contributed by atoms with van der Waals surface area (Å²) >= 11 is 0. The largest absolute Gasteiger partial charge is 0.444 e. The molecular formula is C18H29N5O3. The predicted octanol–water partition coefficient (Wildman–Crippen LogP) is 1.10. The predicted molar refractivity (Wildman–Crippen MR) is 97.0 cm³/mol. The van der Waals surface area contributed by atoms with Crippen LogP contribution in [0.25, 0.3) is 0 Å². The Balaban J connectivity index is 1.79. The van der Waals surface area contributed by atoms with Crippen LogP contribution in [0.5, 0.6) is 0 Å². The maximum atomic E-state index is 13.1. The molecule has 2 amide bonds. The summed E-state index contributed by atoms with van der Waals surface area (Å²) in [6.07, 6.45) is 0.295. The minimum atomic E-state index is -0.537. The quantitative estimate of drug-likeness (QED) is 0.747. The third-order valence-electron chi connectivity index (χ3n) is 4.84. The zero-order valence-electron chi connectivity index (χ0n) is 16.4. The fourth-order valence-corrected chi connectivity index (χ4v) is 3.41. The smallest absolute Gasteiger partial charge is 0.410 e. The Hall–Kier alpha value is -2.09. The average molecular weight is 363 g/mol. The number of amides is 2. The van der Waals surface area contributed by atoms with Crippen LogP contribution in [0.1, 0.15) is 42.5 Å². The topological polar surface area (TPSA) is 70.9 Å². The van der Waals surface area contributed by atoms with Crippen LogP contribution >= 0.6 is 0 Å². The van der Waals surface area contributed by atoms with E-state index in [0.29, 0.717) is 38.3 Å². The summed E-state index contributed by atoms with van der Waals surface area (Å²) in [6.45, 7) is 9.65. The van der Waals surface area contributed by atoms with Crippen LogP contribution in [0.4, 0.5) is 4.79 Å². The molecule has 3 rings (SSSR count). The molecule has 8 nitrogen and oxygen atoms in total. The van der Waals surface area contributed by atoms with E-state index in [-0.39, 0.29) is 12.0 Å². The van der Waals surface area contributed by atoms with Crippen LogP contribution in [0, 0.1) is 0 Å². The highest BCUT2D eigenvalue weighted by molar-refractivity contribution is 5.94. The molecule has 1 aromatic heterocycles. The summed E-state index contributed by atoms with van der Waals surface area (Å²) in [6, 6.07) is 0. The van der Waals surface area contributed by atoms with Crippen LogP contribution in [-0.2, 0) is 24.8 Å². The van der Waals surface area contributed by atoms with Gasteiger partial charge in [-0.1, -0.05) is 0 Å². The molecule has 0 radical (unpaired) electrons. The van der Waals surface area contributed by atoms with E-state index in [1.165, 1.54) is 0 Å². The van der Waals surface area contributed by atoms with E-state index in [0.717, 1.165) is 24.3 Å². The molecule has 0 N–H and O–H groups in total. The fraction of sp³-hybridized carbons (Fsp3) is 0.722. The lowest BCUT2D eigenvalue weighted by molar-refractivity contribution is 0.0221. The molecule has 0 unspecified atom stereocenters. The number of rotatable bonds is 1. The Morgan fingerprint density at radius 1 is 1.00 bits per heavy atom. The minimum Gasteiger partial charge on any atom is -0.444 e. The number of aromatic nitrogens is 2. The van der Waals surface area contributed by atoms with Crippen molar-refractivity contribution in [2.24, 2.45) is 7.05 Å². The molecule has 2 aliphatic rings. The normalized spacial score (nSPS) is 18.7. The molecule has 3 heterocycles. The number of nitrogens with zero attached hydrogens (tertiary/aromatic N) is 5. The van der Waals surface area contributed by atoms with Gasteiger partial charge in [0.2, 0.25) is 0 Å². The van der Waals surface area contributed by atoms with E-state index in [2.05, 4.69) is 17.0 Å². The lowest BCUT2D eigenvalue weighted by Crippen LogP contribution is -2.48. The first kappa shape index (κ1) is 18.7. The van der Waals surface area contributed by atoms with E-state index < -0.39 is 5.60 Å². The lowest BCUT2D eigenvalue weighted by atomic mass is 10.0. The van der Waals surface area contributed by atoms with E-state index >= 15 is 0 Å². The van der Waals surface area contributed by atoms with Gasteiger partial charge in [-0.05, 0) is 27.8 Å². The number of hydrogen-bond donors (Lipinski definition) is 0. The highest BCUT2D eigenvalue weighted by Crippen LogP contribution is 2.25. The number of aryl methyl sites for hydroxylation is 1. The Bertz CT molecular complexity index is 698. The summed E-state index contributed by atoms with van der Waals surface area (Å²) < 4.78 is 7.16. The van der Waals surface area contributed by atoms with Crippen molar-refractivity contribution >= 4 is 12.0 Å². The summed E-state index contributed by atoms with van der Waals surface area (Å²) in [5, 5.41) is 4.53. The van der Waals surface area contributed by atoms with Crippen molar-refractivity contribution in [3.63, 3.8) is 0 Å². The van der Waals surface area contributed by atoms with Gasteiger partial charge in [0.1, 0.15) is 11.3 Å². The van der Waals surface area contributed by atoms with Crippen molar-refractivity contribution in [2.45, 2.75) is 39.3 Å². The first-order valence-corrected chi connectivity index (χ1v) is 9.16.